The van der Waals surface area contributed by atoms with Gasteiger partial charge in [-0.2, -0.15) is 0 Å². The van der Waals surface area contributed by atoms with Gasteiger partial charge in [0.15, 0.2) is 0 Å². The number of rotatable bonds is 4. The Morgan fingerprint density at radius 2 is 2.05 bits per heavy atom. The standard InChI is InChI=1S/C14H24N2O3/c1-2-19-14(18)16-10-8-15(9-11-16)7-6-12-4-3-5-13(12)17/h12H,2-11H2,1H3. The number of amides is 1. The van der Waals surface area contributed by atoms with Crippen LogP contribution < -0.4 is 0 Å². The van der Waals surface area contributed by atoms with Gasteiger partial charge in [0.2, 0.25) is 0 Å². The normalized spacial score (nSPS) is 24.8. The molecule has 1 aliphatic carbocycles. The van der Waals surface area contributed by atoms with Crippen LogP contribution in [0.5, 0.6) is 0 Å². The van der Waals surface area contributed by atoms with Crippen molar-refractivity contribution in [1.82, 2.24) is 9.80 Å². The zero-order valence-electron chi connectivity index (χ0n) is 11.8. The third kappa shape index (κ3) is 3.93. The second kappa shape index (κ2) is 6.89. The van der Waals surface area contributed by atoms with Gasteiger partial charge in [-0.15, -0.1) is 0 Å². The van der Waals surface area contributed by atoms with Gasteiger partial charge in [-0.25, -0.2) is 4.79 Å². The van der Waals surface area contributed by atoms with Crippen molar-refractivity contribution in [1.29, 1.82) is 0 Å². The first-order valence-electron chi connectivity index (χ1n) is 7.37. The van der Waals surface area contributed by atoms with Crippen LogP contribution in [0.1, 0.15) is 32.6 Å². The molecule has 1 amide bonds. The van der Waals surface area contributed by atoms with Crippen LogP contribution in [0.4, 0.5) is 4.79 Å². The SMILES string of the molecule is CCOC(=O)N1CCN(CCC2CCCC2=O)CC1. The molecule has 2 fully saturated rings. The van der Waals surface area contributed by atoms with Crippen LogP contribution in [0.2, 0.25) is 0 Å². The molecule has 1 heterocycles. The highest BCUT2D eigenvalue weighted by molar-refractivity contribution is 5.82. The van der Waals surface area contributed by atoms with Crippen molar-refractivity contribution >= 4 is 11.9 Å². The van der Waals surface area contributed by atoms with Crippen molar-refractivity contribution in [2.45, 2.75) is 32.6 Å². The second-order valence-corrected chi connectivity index (χ2v) is 5.37. The molecule has 108 valence electrons. The number of ketones is 1. The van der Waals surface area contributed by atoms with Crippen LogP contribution in [0.15, 0.2) is 0 Å². The maximum absolute atomic E-state index is 11.6. The highest BCUT2D eigenvalue weighted by Gasteiger charge is 2.26. The quantitative estimate of drug-likeness (QED) is 0.775. The lowest BCUT2D eigenvalue weighted by atomic mass is 10.0. The zero-order chi connectivity index (χ0) is 13.7. The highest BCUT2D eigenvalue weighted by Crippen LogP contribution is 2.24. The largest absolute Gasteiger partial charge is 0.450 e. The van der Waals surface area contributed by atoms with Gasteiger partial charge in [-0.05, 0) is 32.7 Å². The summed E-state index contributed by atoms with van der Waals surface area (Å²) in [7, 11) is 0. The molecule has 0 radical (unpaired) electrons. The van der Waals surface area contributed by atoms with Crippen molar-refractivity contribution in [3.63, 3.8) is 0 Å². The van der Waals surface area contributed by atoms with Gasteiger partial charge in [0.25, 0.3) is 0 Å². The van der Waals surface area contributed by atoms with Crippen LogP contribution in [0, 0.1) is 5.92 Å². The van der Waals surface area contributed by atoms with E-state index < -0.39 is 0 Å². The molecule has 1 saturated heterocycles. The summed E-state index contributed by atoms with van der Waals surface area (Å²) in [6, 6.07) is 0. The van der Waals surface area contributed by atoms with Gasteiger partial charge in [0, 0.05) is 38.5 Å². The summed E-state index contributed by atoms with van der Waals surface area (Å²) in [6.45, 7) is 6.48. The first-order valence-corrected chi connectivity index (χ1v) is 7.37. The predicted octanol–water partition coefficient (Wildman–Crippen LogP) is 1.52. The molecule has 1 aliphatic heterocycles. The van der Waals surface area contributed by atoms with Crippen LogP contribution in [-0.2, 0) is 9.53 Å². The van der Waals surface area contributed by atoms with E-state index in [0.29, 0.717) is 18.3 Å². The number of hydrogen-bond acceptors (Lipinski definition) is 4. The van der Waals surface area contributed by atoms with Gasteiger partial charge in [0.1, 0.15) is 5.78 Å². The van der Waals surface area contributed by atoms with Crippen molar-refractivity contribution in [2.24, 2.45) is 5.92 Å². The van der Waals surface area contributed by atoms with Crippen molar-refractivity contribution in [2.75, 3.05) is 39.3 Å². The summed E-state index contributed by atoms with van der Waals surface area (Å²) < 4.78 is 5.00. The van der Waals surface area contributed by atoms with E-state index in [-0.39, 0.29) is 6.09 Å². The number of hydrogen-bond donors (Lipinski definition) is 0. The summed E-state index contributed by atoms with van der Waals surface area (Å²) in [6.07, 6.45) is 3.70. The molecular formula is C14H24N2O3. The first-order chi connectivity index (χ1) is 9.20. The van der Waals surface area contributed by atoms with Crippen molar-refractivity contribution in [3.05, 3.63) is 0 Å². The molecule has 1 atom stereocenters. The zero-order valence-corrected chi connectivity index (χ0v) is 11.8. The summed E-state index contributed by atoms with van der Waals surface area (Å²) in [5.41, 5.74) is 0. The molecule has 0 spiro atoms. The number of ether oxygens (including phenoxy) is 1. The third-order valence-electron chi connectivity index (χ3n) is 4.12. The first kappa shape index (κ1) is 14.3. The Balaban J connectivity index is 1.66. The Morgan fingerprint density at radius 3 is 2.63 bits per heavy atom. The molecule has 2 aliphatic rings. The smallest absolute Gasteiger partial charge is 0.409 e. The molecule has 2 rings (SSSR count). The Morgan fingerprint density at radius 1 is 1.32 bits per heavy atom. The van der Waals surface area contributed by atoms with Crippen molar-refractivity contribution in [3.8, 4) is 0 Å². The molecule has 1 saturated carbocycles. The molecule has 0 aromatic carbocycles. The third-order valence-corrected chi connectivity index (χ3v) is 4.12. The molecule has 0 aromatic rings. The van der Waals surface area contributed by atoms with Gasteiger partial charge in [-0.1, -0.05) is 0 Å². The lowest BCUT2D eigenvalue weighted by Gasteiger charge is -2.34. The van der Waals surface area contributed by atoms with E-state index in [0.717, 1.165) is 58.4 Å². The lowest BCUT2D eigenvalue weighted by Crippen LogP contribution is -2.49. The summed E-state index contributed by atoms with van der Waals surface area (Å²) in [5, 5.41) is 0. The minimum atomic E-state index is -0.201. The summed E-state index contributed by atoms with van der Waals surface area (Å²) in [5.74, 6) is 0.744. The molecular weight excluding hydrogens is 244 g/mol. The maximum Gasteiger partial charge on any atom is 0.409 e. The van der Waals surface area contributed by atoms with Gasteiger partial charge in [-0.3, -0.25) is 9.69 Å². The van der Waals surface area contributed by atoms with Crippen LogP contribution in [-0.4, -0.2) is 61.0 Å². The molecule has 1 unspecified atom stereocenters. The number of nitrogens with zero attached hydrogens (tertiary/aromatic N) is 2. The van der Waals surface area contributed by atoms with Gasteiger partial charge >= 0.3 is 6.09 Å². The fourth-order valence-electron chi connectivity index (χ4n) is 2.90. The number of Topliss-reactive ketones (excluding diaryl/α,β-unsaturated/α-hetero) is 1. The van der Waals surface area contributed by atoms with Crippen LogP contribution >= 0.6 is 0 Å². The Kier molecular flexibility index (Phi) is 5.19. The molecule has 5 nitrogen and oxygen atoms in total. The number of piperazine rings is 1. The fourth-order valence-corrected chi connectivity index (χ4v) is 2.90. The monoisotopic (exact) mass is 268 g/mol. The fraction of sp³-hybridized carbons (Fsp3) is 0.857. The number of carbonyl (C=O) groups is 2. The van der Waals surface area contributed by atoms with E-state index in [4.69, 9.17) is 4.74 Å². The van der Waals surface area contributed by atoms with Gasteiger partial charge < -0.3 is 9.64 Å². The average Bonchev–Trinajstić information content (AvgIpc) is 2.83. The Labute approximate surface area is 114 Å². The molecule has 19 heavy (non-hydrogen) atoms. The summed E-state index contributed by atoms with van der Waals surface area (Å²) >= 11 is 0. The molecule has 0 aromatic heterocycles. The second-order valence-electron chi connectivity index (χ2n) is 5.37. The topological polar surface area (TPSA) is 49.9 Å². The highest BCUT2D eigenvalue weighted by atomic mass is 16.6. The van der Waals surface area contributed by atoms with E-state index >= 15 is 0 Å². The van der Waals surface area contributed by atoms with Crippen molar-refractivity contribution < 1.29 is 14.3 Å². The van der Waals surface area contributed by atoms with E-state index in [9.17, 15) is 9.59 Å². The Hall–Kier alpha value is -1.10. The van der Waals surface area contributed by atoms with E-state index in [1.807, 2.05) is 6.92 Å². The van der Waals surface area contributed by atoms with E-state index in [1.54, 1.807) is 4.90 Å². The minimum Gasteiger partial charge on any atom is -0.450 e. The molecule has 0 N–H and O–H groups in total. The molecule has 0 bridgehead atoms. The minimum absolute atomic E-state index is 0.201. The molecule has 5 heteroatoms. The van der Waals surface area contributed by atoms with Crippen LogP contribution in [0.25, 0.3) is 0 Å². The van der Waals surface area contributed by atoms with E-state index in [1.165, 1.54) is 0 Å². The van der Waals surface area contributed by atoms with Gasteiger partial charge in [0.05, 0.1) is 6.61 Å². The number of carbonyl (C=O) groups excluding carboxylic acids is 2. The maximum atomic E-state index is 11.6. The average molecular weight is 268 g/mol. The lowest BCUT2D eigenvalue weighted by molar-refractivity contribution is -0.120. The van der Waals surface area contributed by atoms with Crippen LogP contribution in [0.3, 0.4) is 0 Å². The predicted molar refractivity (Wildman–Crippen MR) is 72.0 cm³/mol. The summed E-state index contributed by atoms with van der Waals surface area (Å²) in [4.78, 5) is 27.2. The van der Waals surface area contributed by atoms with E-state index in [2.05, 4.69) is 4.90 Å². The Bertz CT molecular complexity index is 325.